The van der Waals surface area contributed by atoms with Crippen LogP contribution >= 0.6 is 0 Å². The minimum Gasteiger partial charge on any atom is -0.270 e. The van der Waals surface area contributed by atoms with Gasteiger partial charge >= 0.3 is 0 Å². The van der Waals surface area contributed by atoms with E-state index in [-0.39, 0.29) is 0 Å². The topological polar surface area (TPSA) is 51.8 Å². The highest BCUT2D eigenvalue weighted by atomic mass is 15.5. The fourth-order valence-electron chi connectivity index (χ4n) is 3.10. The van der Waals surface area contributed by atoms with E-state index in [0.29, 0.717) is 17.7 Å². The molecule has 0 spiro atoms. The van der Waals surface area contributed by atoms with Crippen LogP contribution < -0.4 is 5.01 Å². The second-order valence-electron chi connectivity index (χ2n) is 6.93. The molecule has 0 heterocycles. The lowest BCUT2D eigenvalue weighted by Gasteiger charge is -2.28. The van der Waals surface area contributed by atoms with Crippen LogP contribution in [0.3, 0.4) is 0 Å². The molecule has 0 atom stereocenters. The Morgan fingerprint density at radius 1 is 0.960 bits per heavy atom. The number of nitrogens with one attached hydrogen (secondary N) is 1. The normalized spacial score (nSPS) is 11.9. The average molecular weight is 336 g/mol. The average Bonchev–Trinajstić information content (AvgIpc) is 2.59. The number of nitrogens with zero attached hydrogens (tertiary/aromatic N) is 3. The largest absolute Gasteiger partial charge is 0.270 e. The Kier molecular flexibility index (Phi) is 6.07. The number of benzene rings is 2. The maximum Gasteiger partial charge on any atom is 0.158 e. The summed E-state index contributed by atoms with van der Waals surface area (Å²) >= 11 is 0. The van der Waals surface area contributed by atoms with E-state index in [2.05, 4.69) is 57.0 Å². The summed E-state index contributed by atoms with van der Waals surface area (Å²) in [6.07, 6.45) is 0. The van der Waals surface area contributed by atoms with Gasteiger partial charge < -0.3 is 0 Å². The molecule has 0 aliphatic carbocycles. The third-order valence-corrected chi connectivity index (χ3v) is 4.31. The number of aryl methyl sites for hydroxylation is 1. The first-order valence-corrected chi connectivity index (χ1v) is 8.74. The smallest absolute Gasteiger partial charge is 0.158 e. The Morgan fingerprint density at radius 3 is 1.88 bits per heavy atom. The van der Waals surface area contributed by atoms with Crippen molar-refractivity contribution >= 4 is 11.5 Å². The summed E-state index contributed by atoms with van der Waals surface area (Å²) in [4.78, 5) is 4.46. The Balaban J connectivity index is 2.74. The molecular weight excluding hydrogens is 308 g/mol. The van der Waals surface area contributed by atoms with Crippen LogP contribution in [0.25, 0.3) is 0 Å². The van der Waals surface area contributed by atoms with E-state index in [4.69, 9.17) is 5.53 Å². The number of anilines is 1. The van der Waals surface area contributed by atoms with Crippen molar-refractivity contribution in [3.05, 3.63) is 64.7 Å². The van der Waals surface area contributed by atoms with E-state index in [0.717, 1.165) is 11.3 Å². The monoisotopic (exact) mass is 336 g/mol. The number of hydrogen-bond donors (Lipinski definition) is 1. The van der Waals surface area contributed by atoms with Gasteiger partial charge in [-0.1, -0.05) is 80.9 Å². The number of rotatable bonds is 5. The first kappa shape index (κ1) is 18.8. The zero-order valence-electron chi connectivity index (χ0n) is 16.0. The van der Waals surface area contributed by atoms with Crippen molar-refractivity contribution in [2.24, 2.45) is 10.2 Å². The fraction of sp³-hybridized carbons (Fsp3) is 0.381. The van der Waals surface area contributed by atoms with Crippen molar-refractivity contribution in [3.8, 4) is 0 Å². The SMILES string of the molecule is CN=C(c1ccccc1)N(N=N)c1c(C(C)C)cc(C)cc1C(C)C. The highest BCUT2D eigenvalue weighted by Crippen LogP contribution is 2.37. The molecule has 0 bridgehead atoms. The van der Waals surface area contributed by atoms with Crippen LogP contribution in [0.2, 0.25) is 0 Å². The Bertz CT molecular complexity index is 732. The summed E-state index contributed by atoms with van der Waals surface area (Å²) in [5, 5.41) is 5.55. The fourth-order valence-corrected chi connectivity index (χ4v) is 3.10. The van der Waals surface area contributed by atoms with Crippen LogP contribution in [0, 0.1) is 12.5 Å². The van der Waals surface area contributed by atoms with E-state index in [1.165, 1.54) is 16.7 Å². The molecule has 1 N–H and O–H groups in total. The third kappa shape index (κ3) is 3.95. The van der Waals surface area contributed by atoms with Gasteiger partial charge in [-0.25, -0.2) is 0 Å². The summed E-state index contributed by atoms with van der Waals surface area (Å²) in [6.45, 7) is 10.8. The highest BCUT2D eigenvalue weighted by molar-refractivity contribution is 6.10. The van der Waals surface area contributed by atoms with Gasteiger partial charge in [-0.05, 0) is 29.9 Å². The lowest BCUT2D eigenvalue weighted by molar-refractivity contribution is 0.809. The van der Waals surface area contributed by atoms with Crippen molar-refractivity contribution in [2.75, 3.05) is 12.1 Å². The van der Waals surface area contributed by atoms with Crippen molar-refractivity contribution in [3.63, 3.8) is 0 Å². The van der Waals surface area contributed by atoms with Gasteiger partial charge in [0, 0.05) is 12.6 Å². The first-order chi connectivity index (χ1) is 11.9. The van der Waals surface area contributed by atoms with Gasteiger partial charge in [0.1, 0.15) is 0 Å². The maximum atomic E-state index is 7.88. The van der Waals surface area contributed by atoms with Gasteiger partial charge in [0.15, 0.2) is 5.84 Å². The molecule has 2 aromatic carbocycles. The molecular formula is C21H28N4. The van der Waals surface area contributed by atoms with E-state index in [9.17, 15) is 0 Å². The summed E-state index contributed by atoms with van der Waals surface area (Å²) in [6, 6.07) is 14.3. The predicted molar refractivity (Wildman–Crippen MR) is 106 cm³/mol. The van der Waals surface area contributed by atoms with Crippen LogP contribution in [0.4, 0.5) is 5.69 Å². The molecule has 0 unspecified atom stereocenters. The Morgan fingerprint density at radius 2 is 1.48 bits per heavy atom. The summed E-state index contributed by atoms with van der Waals surface area (Å²) in [5.41, 5.74) is 13.4. The van der Waals surface area contributed by atoms with Gasteiger partial charge in [-0.2, -0.15) is 10.5 Å². The van der Waals surface area contributed by atoms with Gasteiger partial charge in [0.05, 0.1) is 5.69 Å². The molecule has 25 heavy (non-hydrogen) atoms. The van der Waals surface area contributed by atoms with E-state index in [1.54, 1.807) is 12.1 Å². The minimum absolute atomic E-state index is 0.325. The van der Waals surface area contributed by atoms with Crippen molar-refractivity contribution < 1.29 is 0 Å². The van der Waals surface area contributed by atoms with Gasteiger partial charge in [0.25, 0.3) is 0 Å². The molecule has 0 aliphatic rings. The Hall–Kier alpha value is -2.49. The zero-order valence-corrected chi connectivity index (χ0v) is 16.0. The van der Waals surface area contributed by atoms with Gasteiger partial charge in [-0.3, -0.25) is 4.99 Å². The lowest BCUT2D eigenvalue weighted by atomic mass is 9.90. The van der Waals surface area contributed by atoms with Crippen LogP contribution in [0.1, 0.15) is 61.8 Å². The molecule has 0 amide bonds. The molecule has 132 valence electrons. The zero-order chi connectivity index (χ0) is 18.6. The Labute approximate surface area is 151 Å². The standard InChI is InChI=1S/C21H28N4/c1-14(2)18-12-16(5)13-19(15(3)4)20(18)25(24-22)21(23-6)17-10-8-7-9-11-17/h7-15,22H,1-6H3. The molecule has 0 aliphatic heterocycles. The summed E-state index contributed by atoms with van der Waals surface area (Å²) in [7, 11) is 1.75. The number of hydrogen-bond acceptors (Lipinski definition) is 3. The minimum atomic E-state index is 0.325. The van der Waals surface area contributed by atoms with E-state index >= 15 is 0 Å². The van der Waals surface area contributed by atoms with Crippen LogP contribution in [-0.2, 0) is 0 Å². The summed E-state index contributed by atoms with van der Waals surface area (Å²) < 4.78 is 0. The van der Waals surface area contributed by atoms with E-state index < -0.39 is 0 Å². The van der Waals surface area contributed by atoms with Gasteiger partial charge in [0.2, 0.25) is 0 Å². The molecule has 2 aromatic rings. The molecule has 0 saturated heterocycles. The molecule has 0 radical (unpaired) electrons. The highest BCUT2D eigenvalue weighted by Gasteiger charge is 2.24. The predicted octanol–water partition coefficient (Wildman–Crippen LogP) is 6.07. The maximum absolute atomic E-state index is 7.88. The number of amidine groups is 1. The summed E-state index contributed by atoms with van der Waals surface area (Å²) in [5.74, 6) is 1.33. The lowest BCUT2D eigenvalue weighted by Crippen LogP contribution is -2.28. The molecule has 0 fully saturated rings. The molecule has 4 nitrogen and oxygen atoms in total. The van der Waals surface area contributed by atoms with Crippen molar-refractivity contribution in [2.45, 2.75) is 46.5 Å². The van der Waals surface area contributed by atoms with Crippen LogP contribution in [0.5, 0.6) is 0 Å². The van der Waals surface area contributed by atoms with E-state index in [1.807, 2.05) is 30.3 Å². The van der Waals surface area contributed by atoms with Crippen LogP contribution in [0.15, 0.2) is 52.7 Å². The molecule has 0 aromatic heterocycles. The first-order valence-electron chi connectivity index (χ1n) is 8.74. The molecule has 4 heteroatoms. The number of aliphatic imine (C=N–C) groups is 1. The second-order valence-corrected chi connectivity index (χ2v) is 6.93. The third-order valence-electron chi connectivity index (χ3n) is 4.31. The van der Waals surface area contributed by atoms with Crippen molar-refractivity contribution in [1.82, 2.24) is 0 Å². The molecule has 0 saturated carbocycles. The van der Waals surface area contributed by atoms with Crippen molar-refractivity contribution in [1.29, 1.82) is 5.53 Å². The second kappa shape index (κ2) is 8.06. The van der Waals surface area contributed by atoms with Crippen LogP contribution in [-0.4, -0.2) is 12.9 Å². The quantitative estimate of drug-likeness (QED) is 0.306. The molecule has 2 rings (SSSR count). The van der Waals surface area contributed by atoms with Gasteiger partial charge in [-0.15, -0.1) is 0 Å².